The molecule has 0 aliphatic heterocycles. The van der Waals surface area contributed by atoms with Gasteiger partial charge in [0.05, 0.1) is 11.8 Å². The predicted octanol–water partition coefficient (Wildman–Crippen LogP) is 5.03. The molecule has 2 N–H and O–H groups in total. The first-order valence-electron chi connectivity index (χ1n) is 7.62. The Hall–Kier alpha value is -2.76. The minimum Gasteiger partial charge on any atom is -0.507 e. The smallest absolute Gasteiger partial charge is 0.275 e. The van der Waals surface area contributed by atoms with Crippen molar-refractivity contribution in [3.8, 4) is 17.1 Å². The number of nitrogens with zero attached hydrogens (tertiary/aromatic N) is 1. The van der Waals surface area contributed by atoms with Gasteiger partial charge in [0.15, 0.2) is 0 Å². The summed E-state index contributed by atoms with van der Waals surface area (Å²) in [6.45, 7) is 1.92. The molecule has 132 valence electrons. The molecule has 0 atom stereocenters. The maximum atomic E-state index is 12.0. The lowest BCUT2D eigenvalue weighted by molar-refractivity contribution is 0.0952. The Morgan fingerprint density at radius 2 is 1.96 bits per heavy atom. The number of aryl methyl sites for hydroxylation is 1. The maximum Gasteiger partial charge on any atom is 0.275 e. The van der Waals surface area contributed by atoms with Gasteiger partial charge in [-0.15, -0.1) is 0 Å². The Bertz CT molecular complexity index is 996. The number of phenolic OH excluding ortho intramolecular Hbond substituents is 1. The molecule has 3 aromatic rings. The number of nitrogens with one attached hydrogen (secondary N) is 1. The van der Waals surface area contributed by atoms with Crippen LogP contribution in [0.25, 0.3) is 11.3 Å². The van der Waals surface area contributed by atoms with Crippen molar-refractivity contribution in [1.29, 1.82) is 0 Å². The van der Waals surface area contributed by atoms with Gasteiger partial charge >= 0.3 is 0 Å². The van der Waals surface area contributed by atoms with Crippen molar-refractivity contribution in [2.24, 2.45) is 5.10 Å². The first-order chi connectivity index (χ1) is 12.4. The monoisotopic (exact) mass is 388 g/mol. The summed E-state index contributed by atoms with van der Waals surface area (Å²) in [6.07, 6.45) is 1.36. The van der Waals surface area contributed by atoms with Gasteiger partial charge in [-0.25, -0.2) is 5.43 Å². The van der Waals surface area contributed by atoms with Crippen LogP contribution in [0.15, 0.2) is 58.0 Å². The van der Waals surface area contributed by atoms with Crippen LogP contribution in [-0.2, 0) is 0 Å². The van der Waals surface area contributed by atoms with E-state index in [0.29, 0.717) is 21.6 Å². The topological polar surface area (TPSA) is 74.8 Å². The molecule has 0 aliphatic rings. The van der Waals surface area contributed by atoms with Crippen LogP contribution in [0.5, 0.6) is 5.75 Å². The lowest BCUT2D eigenvalue weighted by Gasteiger charge is -2.03. The molecule has 5 nitrogen and oxygen atoms in total. The Balaban J connectivity index is 1.70. The average molecular weight is 389 g/mol. The lowest BCUT2D eigenvalue weighted by atomic mass is 10.1. The van der Waals surface area contributed by atoms with Gasteiger partial charge in [-0.3, -0.25) is 4.79 Å². The fourth-order valence-corrected chi connectivity index (χ4v) is 2.58. The summed E-state index contributed by atoms with van der Waals surface area (Å²) >= 11 is 11.9. The zero-order valence-electron chi connectivity index (χ0n) is 13.7. The van der Waals surface area contributed by atoms with Crippen molar-refractivity contribution in [3.63, 3.8) is 0 Å². The Morgan fingerprint density at radius 1 is 1.15 bits per heavy atom. The molecule has 0 spiro atoms. The third-order valence-electron chi connectivity index (χ3n) is 3.64. The van der Waals surface area contributed by atoms with E-state index in [1.165, 1.54) is 24.4 Å². The van der Waals surface area contributed by atoms with E-state index in [9.17, 15) is 9.90 Å². The van der Waals surface area contributed by atoms with E-state index in [1.807, 2.05) is 25.1 Å². The molecule has 0 saturated heterocycles. The van der Waals surface area contributed by atoms with Gasteiger partial charge in [-0.2, -0.15) is 5.10 Å². The van der Waals surface area contributed by atoms with Crippen LogP contribution in [-0.4, -0.2) is 17.2 Å². The number of carbonyl (C=O) groups is 1. The van der Waals surface area contributed by atoms with Crippen molar-refractivity contribution < 1.29 is 14.3 Å². The highest BCUT2D eigenvalue weighted by Crippen LogP contribution is 2.26. The van der Waals surface area contributed by atoms with Crippen molar-refractivity contribution in [1.82, 2.24) is 5.43 Å². The molecule has 7 heteroatoms. The van der Waals surface area contributed by atoms with E-state index in [-0.39, 0.29) is 11.3 Å². The van der Waals surface area contributed by atoms with Crippen molar-refractivity contribution in [2.45, 2.75) is 6.92 Å². The van der Waals surface area contributed by atoms with Crippen LogP contribution in [0.4, 0.5) is 0 Å². The number of hydrazone groups is 1. The SMILES string of the molecule is Cc1ccc(-c2ccc(/C=N\NC(=O)c3cc(Cl)ccc3O)o2)cc1Cl. The second kappa shape index (κ2) is 7.64. The molecule has 0 fully saturated rings. The fourth-order valence-electron chi connectivity index (χ4n) is 2.23. The molecule has 26 heavy (non-hydrogen) atoms. The zero-order valence-corrected chi connectivity index (χ0v) is 15.2. The molecule has 1 amide bonds. The number of rotatable bonds is 4. The average Bonchev–Trinajstić information content (AvgIpc) is 3.08. The van der Waals surface area contributed by atoms with Crippen molar-refractivity contribution >= 4 is 35.3 Å². The molecule has 0 bridgehead atoms. The Labute approximate surface area is 159 Å². The van der Waals surface area contributed by atoms with Gasteiger partial charge in [-0.05, 0) is 48.9 Å². The highest BCUT2D eigenvalue weighted by molar-refractivity contribution is 6.31. The summed E-state index contributed by atoms with van der Waals surface area (Å²) in [4.78, 5) is 12.0. The predicted molar refractivity (Wildman–Crippen MR) is 102 cm³/mol. The van der Waals surface area contributed by atoms with Crippen LogP contribution < -0.4 is 5.43 Å². The minimum absolute atomic E-state index is 0.0316. The molecule has 0 unspecified atom stereocenters. The second-order valence-electron chi connectivity index (χ2n) is 5.53. The van der Waals surface area contributed by atoms with Gasteiger partial charge in [0.2, 0.25) is 0 Å². The number of amides is 1. The number of halogens is 2. The number of aromatic hydroxyl groups is 1. The van der Waals surface area contributed by atoms with Gasteiger partial charge in [0.25, 0.3) is 5.91 Å². The molecule has 2 aromatic carbocycles. The molecule has 1 heterocycles. The van der Waals surface area contributed by atoms with Gasteiger partial charge in [-0.1, -0.05) is 35.3 Å². The summed E-state index contributed by atoms with van der Waals surface area (Å²) < 4.78 is 5.67. The molecule has 0 saturated carbocycles. The van der Waals surface area contributed by atoms with Crippen LogP contribution in [0, 0.1) is 6.92 Å². The normalized spacial score (nSPS) is 11.0. The highest BCUT2D eigenvalue weighted by Gasteiger charge is 2.11. The molecular formula is C19H14Cl2N2O3. The number of carbonyl (C=O) groups excluding carboxylic acids is 1. The molecule has 3 rings (SSSR count). The number of hydrogen-bond donors (Lipinski definition) is 2. The van der Waals surface area contributed by atoms with E-state index in [1.54, 1.807) is 12.1 Å². The van der Waals surface area contributed by atoms with Gasteiger partial charge in [0, 0.05) is 15.6 Å². The van der Waals surface area contributed by atoms with Crippen molar-refractivity contribution in [3.05, 3.63) is 75.5 Å². The summed E-state index contributed by atoms with van der Waals surface area (Å²) in [7, 11) is 0. The second-order valence-corrected chi connectivity index (χ2v) is 6.37. The number of hydrogen-bond acceptors (Lipinski definition) is 4. The maximum absolute atomic E-state index is 12.0. The molecule has 0 aliphatic carbocycles. The van der Waals surface area contributed by atoms with Crippen molar-refractivity contribution in [2.75, 3.05) is 0 Å². The number of phenols is 1. The standard InChI is InChI=1S/C19H14Cl2N2O3/c1-11-2-3-12(8-16(11)21)18-7-5-14(26-18)10-22-23-19(25)15-9-13(20)4-6-17(15)24/h2-10,24H,1H3,(H,23,25)/b22-10-. The lowest BCUT2D eigenvalue weighted by Crippen LogP contribution is -2.17. The summed E-state index contributed by atoms with van der Waals surface area (Å²) in [5.41, 5.74) is 4.17. The first kappa shape index (κ1) is 18.0. The quantitative estimate of drug-likeness (QED) is 0.485. The summed E-state index contributed by atoms with van der Waals surface area (Å²) in [5, 5.41) is 14.5. The van der Waals surface area contributed by atoms with Gasteiger partial charge < -0.3 is 9.52 Å². The van der Waals surface area contributed by atoms with Crippen LogP contribution in [0.1, 0.15) is 21.7 Å². The van der Waals surface area contributed by atoms with Crippen LogP contribution in [0.2, 0.25) is 10.0 Å². The number of benzene rings is 2. The van der Waals surface area contributed by atoms with E-state index in [4.69, 9.17) is 27.6 Å². The molecule has 1 aromatic heterocycles. The zero-order chi connectivity index (χ0) is 18.7. The third kappa shape index (κ3) is 4.07. The largest absolute Gasteiger partial charge is 0.507 e. The summed E-state index contributed by atoms with van der Waals surface area (Å²) in [6, 6.07) is 13.3. The van der Waals surface area contributed by atoms with Crippen LogP contribution in [0.3, 0.4) is 0 Å². The van der Waals surface area contributed by atoms with Gasteiger partial charge in [0.1, 0.15) is 17.3 Å². The van der Waals surface area contributed by atoms with E-state index < -0.39 is 5.91 Å². The third-order valence-corrected chi connectivity index (χ3v) is 4.29. The van der Waals surface area contributed by atoms with Crippen LogP contribution >= 0.6 is 23.2 Å². The molecule has 0 radical (unpaired) electrons. The van der Waals surface area contributed by atoms with E-state index in [0.717, 1.165) is 11.1 Å². The Morgan fingerprint density at radius 3 is 2.73 bits per heavy atom. The van der Waals surface area contributed by atoms with E-state index >= 15 is 0 Å². The first-order valence-corrected chi connectivity index (χ1v) is 8.38. The highest BCUT2D eigenvalue weighted by atomic mass is 35.5. The van der Waals surface area contributed by atoms with E-state index in [2.05, 4.69) is 10.5 Å². The minimum atomic E-state index is -0.585. The molecular weight excluding hydrogens is 375 g/mol. The Kier molecular flexibility index (Phi) is 5.30. The number of furan rings is 1. The fraction of sp³-hybridized carbons (Fsp3) is 0.0526. The summed E-state index contributed by atoms with van der Waals surface area (Å²) in [5.74, 6) is 0.316.